The van der Waals surface area contributed by atoms with Crippen molar-refractivity contribution >= 4 is 11.6 Å². The van der Waals surface area contributed by atoms with Crippen molar-refractivity contribution in [3.05, 3.63) is 65.5 Å². The predicted molar refractivity (Wildman–Crippen MR) is 88.3 cm³/mol. The SMILES string of the molecule is CCc1cccc(NC(=O)C2CC(c3ccc(F)cc3)NN2)c1. The molecule has 5 heteroatoms. The van der Waals surface area contributed by atoms with Gasteiger partial charge in [-0.05, 0) is 48.2 Å². The second-order valence-electron chi connectivity index (χ2n) is 5.72. The number of hydrazine groups is 1. The Morgan fingerprint density at radius 2 is 2.00 bits per heavy atom. The number of amides is 1. The van der Waals surface area contributed by atoms with Gasteiger partial charge in [0.05, 0.1) is 0 Å². The summed E-state index contributed by atoms with van der Waals surface area (Å²) in [4.78, 5) is 12.4. The molecule has 2 aromatic rings. The summed E-state index contributed by atoms with van der Waals surface area (Å²) in [6.45, 7) is 2.08. The molecule has 1 heterocycles. The summed E-state index contributed by atoms with van der Waals surface area (Å²) in [5, 5.41) is 2.94. The number of aryl methyl sites for hydroxylation is 1. The molecule has 2 aromatic carbocycles. The normalized spacial score (nSPS) is 20.4. The highest BCUT2D eigenvalue weighted by Gasteiger charge is 2.30. The van der Waals surface area contributed by atoms with E-state index in [1.165, 1.54) is 17.7 Å². The molecule has 0 radical (unpaired) electrons. The summed E-state index contributed by atoms with van der Waals surface area (Å²) in [7, 11) is 0. The largest absolute Gasteiger partial charge is 0.325 e. The highest BCUT2D eigenvalue weighted by atomic mass is 19.1. The third-order valence-corrected chi connectivity index (χ3v) is 4.09. The van der Waals surface area contributed by atoms with Crippen LogP contribution in [0.2, 0.25) is 0 Å². The maximum atomic E-state index is 13.0. The molecule has 1 fully saturated rings. The second kappa shape index (κ2) is 6.89. The molecule has 1 saturated heterocycles. The highest BCUT2D eigenvalue weighted by Crippen LogP contribution is 2.23. The molecule has 1 amide bonds. The Kier molecular flexibility index (Phi) is 4.69. The lowest BCUT2D eigenvalue weighted by Crippen LogP contribution is -2.39. The van der Waals surface area contributed by atoms with Crippen LogP contribution >= 0.6 is 0 Å². The third kappa shape index (κ3) is 3.75. The van der Waals surface area contributed by atoms with Crippen LogP contribution in [0.4, 0.5) is 10.1 Å². The van der Waals surface area contributed by atoms with Gasteiger partial charge in [0.25, 0.3) is 0 Å². The third-order valence-electron chi connectivity index (χ3n) is 4.09. The molecule has 0 aliphatic carbocycles. The van der Waals surface area contributed by atoms with E-state index in [9.17, 15) is 9.18 Å². The Labute approximate surface area is 135 Å². The molecule has 23 heavy (non-hydrogen) atoms. The molecule has 0 saturated carbocycles. The number of hydrogen-bond donors (Lipinski definition) is 3. The van der Waals surface area contributed by atoms with Crippen LogP contribution in [0.15, 0.2) is 48.5 Å². The van der Waals surface area contributed by atoms with Crippen molar-refractivity contribution in [2.75, 3.05) is 5.32 Å². The van der Waals surface area contributed by atoms with Crippen LogP contribution in [-0.4, -0.2) is 11.9 Å². The first kappa shape index (κ1) is 15.6. The first-order chi connectivity index (χ1) is 11.2. The van der Waals surface area contributed by atoms with Gasteiger partial charge in [0.15, 0.2) is 0 Å². The molecule has 2 atom stereocenters. The van der Waals surface area contributed by atoms with Crippen molar-refractivity contribution in [3.8, 4) is 0 Å². The zero-order valence-corrected chi connectivity index (χ0v) is 13.0. The van der Waals surface area contributed by atoms with Crippen molar-refractivity contribution in [1.29, 1.82) is 0 Å². The summed E-state index contributed by atoms with van der Waals surface area (Å²) >= 11 is 0. The Morgan fingerprint density at radius 1 is 1.22 bits per heavy atom. The van der Waals surface area contributed by atoms with Crippen LogP contribution in [0.5, 0.6) is 0 Å². The van der Waals surface area contributed by atoms with Gasteiger partial charge in [0.1, 0.15) is 11.9 Å². The minimum absolute atomic E-state index is 0.00618. The topological polar surface area (TPSA) is 53.2 Å². The van der Waals surface area contributed by atoms with Gasteiger partial charge in [-0.1, -0.05) is 31.2 Å². The van der Waals surface area contributed by atoms with E-state index < -0.39 is 0 Å². The zero-order chi connectivity index (χ0) is 16.2. The Morgan fingerprint density at radius 3 is 2.74 bits per heavy atom. The second-order valence-corrected chi connectivity index (χ2v) is 5.72. The van der Waals surface area contributed by atoms with Gasteiger partial charge in [0, 0.05) is 11.7 Å². The highest BCUT2D eigenvalue weighted by molar-refractivity contribution is 5.95. The van der Waals surface area contributed by atoms with E-state index in [1.54, 1.807) is 12.1 Å². The molecule has 4 nitrogen and oxygen atoms in total. The molecule has 1 aliphatic heterocycles. The number of nitrogens with one attached hydrogen (secondary N) is 3. The molecular formula is C18H20FN3O. The number of rotatable bonds is 4. The fraction of sp³-hybridized carbons (Fsp3) is 0.278. The van der Waals surface area contributed by atoms with Gasteiger partial charge in [-0.25, -0.2) is 15.2 Å². The van der Waals surface area contributed by atoms with E-state index in [4.69, 9.17) is 0 Å². The lowest BCUT2D eigenvalue weighted by atomic mass is 10.0. The van der Waals surface area contributed by atoms with E-state index in [1.807, 2.05) is 24.3 Å². The number of hydrogen-bond acceptors (Lipinski definition) is 3. The molecule has 3 N–H and O–H groups in total. The quantitative estimate of drug-likeness (QED) is 0.813. The summed E-state index contributed by atoms with van der Waals surface area (Å²) < 4.78 is 13.0. The predicted octanol–water partition coefficient (Wildman–Crippen LogP) is 2.93. The molecule has 0 aromatic heterocycles. The summed E-state index contributed by atoms with van der Waals surface area (Å²) in [6.07, 6.45) is 1.55. The number of carbonyl (C=O) groups excluding carboxylic acids is 1. The standard InChI is InChI=1S/C18H20FN3O/c1-2-12-4-3-5-15(10-12)20-18(23)17-11-16(21-22-17)13-6-8-14(19)9-7-13/h3-10,16-17,21-22H,2,11H2,1H3,(H,20,23). The van der Waals surface area contributed by atoms with Crippen LogP contribution in [0.25, 0.3) is 0 Å². The average molecular weight is 313 g/mol. The van der Waals surface area contributed by atoms with E-state index >= 15 is 0 Å². The van der Waals surface area contributed by atoms with E-state index in [0.717, 1.165) is 17.7 Å². The van der Waals surface area contributed by atoms with Crippen molar-refractivity contribution in [2.24, 2.45) is 0 Å². The molecule has 3 rings (SSSR count). The monoisotopic (exact) mass is 313 g/mol. The minimum Gasteiger partial charge on any atom is -0.325 e. The Hall–Kier alpha value is -2.24. The number of halogens is 1. The number of carbonyl (C=O) groups is 1. The maximum Gasteiger partial charge on any atom is 0.242 e. The van der Waals surface area contributed by atoms with Gasteiger partial charge in [-0.3, -0.25) is 4.79 Å². The van der Waals surface area contributed by atoms with Crippen LogP contribution in [0.1, 0.15) is 30.5 Å². The molecule has 2 unspecified atom stereocenters. The first-order valence-electron chi connectivity index (χ1n) is 7.82. The van der Waals surface area contributed by atoms with Crippen molar-refractivity contribution in [3.63, 3.8) is 0 Å². The summed E-state index contributed by atoms with van der Waals surface area (Å²) in [6, 6.07) is 13.9. The molecule has 0 bridgehead atoms. The van der Waals surface area contributed by atoms with E-state index in [2.05, 4.69) is 23.1 Å². The Balaban J connectivity index is 1.61. The molecule has 120 valence electrons. The van der Waals surface area contributed by atoms with Gasteiger partial charge in [-0.15, -0.1) is 0 Å². The van der Waals surface area contributed by atoms with Crippen LogP contribution in [0.3, 0.4) is 0 Å². The van der Waals surface area contributed by atoms with Gasteiger partial charge in [-0.2, -0.15) is 0 Å². The zero-order valence-electron chi connectivity index (χ0n) is 13.0. The fourth-order valence-corrected chi connectivity index (χ4v) is 2.74. The number of benzene rings is 2. The van der Waals surface area contributed by atoms with Crippen LogP contribution in [-0.2, 0) is 11.2 Å². The maximum absolute atomic E-state index is 13.0. The van der Waals surface area contributed by atoms with E-state index in [-0.39, 0.29) is 23.8 Å². The summed E-state index contributed by atoms with van der Waals surface area (Å²) in [5.74, 6) is -0.333. The minimum atomic E-state index is -0.324. The smallest absolute Gasteiger partial charge is 0.242 e. The van der Waals surface area contributed by atoms with Crippen LogP contribution < -0.4 is 16.2 Å². The van der Waals surface area contributed by atoms with E-state index in [0.29, 0.717) is 6.42 Å². The molecule has 0 spiro atoms. The number of anilines is 1. The first-order valence-corrected chi connectivity index (χ1v) is 7.82. The van der Waals surface area contributed by atoms with Gasteiger partial charge >= 0.3 is 0 Å². The molecule has 1 aliphatic rings. The van der Waals surface area contributed by atoms with Crippen molar-refractivity contribution < 1.29 is 9.18 Å². The van der Waals surface area contributed by atoms with Gasteiger partial charge < -0.3 is 5.32 Å². The summed E-state index contributed by atoms with van der Waals surface area (Å²) in [5.41, 5.74) is 9.06. The van der Waals surface area contributed by atoms with Crippen LogP contribution in [0, 0.1) is 5.82 Å². The average Bonchev–Trinajstić information content (AvgIpc) is 3.06. The lowest BCUT2D eigenvalue weighted by Gasteiger charge is -2.11. The van der Waals surface area contributed by atoms with Crippen molar-refractivity contribution in [1.82, 2.24) is 10.9 Å². The van der Waals surface area contributed by atoms with Crippen molar-refractivity contribution in [2.45, 2.75) is 31.8 Å². The molecular weight excluding hydrogens is 293 g/mol. The van der Waals surface area contributed by atoms with Gasteiger partial charge in [0.2, 0.25) is 5.91 Å². The Bertz CT molecular complexity index is 687. The fourth-order valence-electron chi connectivity index (χ4n) is 2.74. The lowest BCUT2D eigenvalue weighted by molar-refractivity contribution is -0.117.